The van der Waals surface area contributed by atoms with Gasteiger partial charge in [0.25, 0.3) is 5.91 Å². The number of hydrogen-bond acceptors (Lipinski definition) is 3. The number of anilines is 1. The number of halogens is 3. The van der Waals surface area contributed by atoms with Crippen LogP contribution in [0.5, 0.6) is 0 Å². The number of benzene rings is 2. The van der Waals surface area contributed by atoms with E-state index in [0.29, 0.717) is 10.0 Å². The highest BCUT2D eigenvalue weighted by Gasteiger charge is 2.33. The van der Waals surface area contributed by atoms with E-state index in [-0.39, 0.29) is 10.5 Å². The molecule has 0 saturated carbocycles. The fraction of sp³-hybridized carbons (Fsp3) is 0. The van der Waals surface area contributed by atoms with Crippen molar-refractivity contribution in [2.75, 3.05) is 4.90 Å². The van der Waals surface area contributed by atoms with Crippen LogP contribution >= 0.6 is 24.0 Å². The van der Waals surface area contributed by atoms with Gasteiger partial charge in [0, 0.05) is 0 Å². The minimum absolute atomic E-state index is 0.0509. The van der Waals surface area contributed by atoms with E-state index in [1.165, 1.54) is 11.0 Å². The Morgan fingerprint density at radius 3 is 2.26 bits per heavy atom. The van der Waals surface area contributed by atoms with Gasteiger partial charge in [0.1, 0.15) is 0 Å². The van der Waals surface area contributed by atoms with Crippen molar-refractivity contribution >= 4 is 46.0 Å². The summed E-state index contributed by atoms with van der Waals surface area (Å²) in [5, 5.41) is 0. The van der Waals surface area contributed by atoms with Crippen LogP contribution in [0.15, 0.2) is 47.4 Å². The van der Waals surface area contributed by atoms with E-state index in [1.807, 2.05) is 0 Å². The van der Waals surface area contributed by atoms with Gasteiger partial charge >= 0.3 is 0 Å². The molecule has 0 radical (unpaired) electrons. The zero-order valence-corrected chi connectivity index (χ0v) is 13.1. The van der Waals surface area contributed by atoms with E-state index >= 15 is 0 Å². The van der Waals surface area contributed by atoms with E-state index in [2.05, 4.69) is 0 Å². The molecule has 1 amide bonds. The number of nitrogens with zero attached hydrogens (tertiary/aromatic N) is 1. The van der Waals surface area contributed by atoms with Gasteiger partial charge in [0.2, 0.25) is 0 Å². The topological polar surface area (TPSA) is 20.3 Å². The molecule has 2 aromatic carbocycles. The van der Waals surface area contributed by atoms with Crippen LogP contribution in [0.3, 0.4) is 0 Å². The van der Waals surface area contributed by atoms with Crippen LogP contribution in [0.4, 0.5) is 18.9 Å². The third-order valence-electron chi connectivity index (χ3n) is 3.11. The lowest BCUT2D eigenvalue weighted by Crippen LogP contribution is -2.27. The van der Waals surface area contributed by atoms with Gasteiger partial charge in [0.05, 0.1) is 10.6 Å². The summed E-state index contributed by atoms with van der Waals surface area (Å²) in [5.41, 5.74) is 0.657. The first-order valence-electron chi connectivity index (χ1n) is 6.45. The first kappa shape index (κ1) is 15.8. The maximum absolute atomic E-state index is 13.3. The van der Waals surface area contributed by atoms with Crippen molar-refractivity contribution in [3.8, 4) is 0 Å². The predicted octanol–water partition coefficient (Wildman–Crippen LogP) is 4.51. The molecule has 1 aliphatic rings. The number of thioether (sulfide) groups is 1. The van der Waals surface area contributed by atoms with Crippen molar-refractivity contribution in [3.63, 3.8) is 0 Å². The van der Waals surface area contributed by atoms with Crippen LogP contribution in [-0.4, -0.2) is 10.2 Å². The molecule has 1 saturated heterocycles. The molecule has 0 atom stereocenters. The minimum Gasteiger partial charge on any atom is -0.268 e. The average molecular weight is 351 g/mol. The first-order valence-corrected chi connectivity index (χ1v) is 7.67. The second-order valence-corrected chi connectivity index (χ2v) is 6.33. The number of carbonyl (C=O) groups is 1. The molecule has 2 aromatic rings. The van der Waals surface area contributed by atoms with Gasteiger partial charge in [-0.15, -0.1) is 0 Å². The normalized spacial score (nSPS) is 16.5. The first-order chi connectivity index (χ1) is 11.0. The number of para-hydroxylation sites is 1. The van der Waals surface area contributed by atoms with Crippen LogP contribution in [-0.2, 0) is 4.79 Å². The van der Waals surface area contributed by atoms with Gasteiger partial charge in [-0.2, -0.15) is 0 Å². The Bertz CT molecular complexity index is 813. The van der Waals surface area contributed by atoms with Crippen molar-refractivity contribution < 1.29 is 18.0 Å². The van der Waals surface area contributed by atoms with Gasteiger partial charge in [0.15, 0.2) is 21.8 Å². The fourth-order valence-electron chi connectivity index (χ4n) is 2.08. The molecule has 23 heavy (non-hydrogen) atoms. The van der Waals surface area contributed by atoms with Crippen LogP contribution in [0.1, 0.15) is 5.56 Å². The number of rotatable bonds is 2. The Morgan fingerprint density at radius 2 is 1.65 bits per heavy atom. The minimum atomic E-state index is -1.54. The van der Waals surface area contributed by atoms with E-state index in [0.717, 1.165) is 23.9 Å². The quantitative estimate of drug-likeness (QED) is 0.451. The van der Waals surface area contributed by atoms with Crippen molar-refractivity contribution in [1.29, 1.82) is 0 Å². The highest BCUT2D eigenvalue weighted by Crippen LogP contribution is 2.36. The maximum atomic E-state index is 13.3. The molecule has 0 spiro atoms. The van der Waals surface area contributed by atoms with Crippen molar-refractivity contribution in [3.05, 3.63) is 70.4 Å². The molecule has 116 valence electrons. The largest absolute Gasteiger partial charge is 0.270 e. The van der Waals surface area contributed by atoms with Gasteiger partial charge in [-0.05, 0) is 35.9 Å². The molecular weight excluding hydrogens is 343 g/mol. The van der Waals surface area contributed by atoms with Crippen molar-refractivity contribution in [2.24, 2.45) is 0 Å². The molecule has 2 nitrogen and oxygen atoms in total. The molecule has 1 aliphatic heterocycles. The molecule has 0 unspecified atom stereocenters. The molecule has 0 aliphatic carbocycles. The molecule has 0 bridgehead atoms. The lowest BCUT2D eigenvalue weighted by molar-refractivity contribution is -0.113. The maximum Gasteiger partial charge on any atom is 0.270 e. The van der Waals surface area contributed by atoms with Gasteiger partial charge < -0.3 is 0 Å². The lowest BCUT2D eigenvalue weighted by atomic mass is 10.2. The van der Waals surface area contributed by atoms with Gasteiger partial charge in [-0.1, -0.05) is 42.2 Å². The number of amides is 1. The Labute approximate surface area is 139 Å². The number of thiocarbonyl (C=S) groups is 1. The summed E-state index contributed by atoms with van der Waals surface area (Å²) in [7, 11) is 0. The van der Waals surface area contributed by atoms with Crippen molar-refractivity contribution in [1.82, 2.24) is 0 Å². The Hall–Kier alpha value is -2.12. The SMILES string of the molecule is O=C1/C(=C\c2cc(F)c(F)c(F)c2)SC(=S)N1c1ccccc1. The Balaban J connectivity index is 1.96. The third kappa shape index (κ3) is 3.02. The van der Waals surface area contributed by atoms with E-state index in [4.69, 9.17) is 12.2 Å². The second kappa shape index (κ2) is 6.17. The lowest BCUT2D eigenvalue weighted by Gasteiger charge is -2.13. The highest BCUT2D eigenvalue weighted by atomic mass is 32.2. The molecular formula is C16H8F3NOS2. The standard InChI is InChI=1S/C16H8F3NOS2/c17-11-6-9(7-12(18)14(11)19)8-13-15(21)20(16(22)23-13)10-4-2-1-3-5-10/h1-8H/b13-8+. The third-order valence-corrected chi connectivity index (χ3v) is 4.41. The van der Waals surface area contributed by atoms with Crippen LogP contribution in [0.25, 0.3) is 6.08 Å². The summed E-state index contributed by atoms with van der Waals surface area (Å²) < 4.78 is 39.8. The summed E-state index contributed by atoms with van der Waals surface area (Å²) in [4.78, 5) is 14.0. The van der Waals surface area contributed by atoms with Crippen LogP contribution in [0.2, 0.25) is 0 Å². The zero-order valence-electron chi connectivity index (χ0n) is 11.4. The fourth-order valence-corrected chi connectivity index (χ4v) is 3.38. The predicted molar refractivity (Wildman–Crippen MR) is 88.4 cm³/mol. The number of carbonyl (C=O) groups excluding carboxylic acids is 1. The van der Waals surface area contributed by atoms with Crippen molar-refractivity contribution in [2.45, 2.75) is 0 Å². The Kier molecular flexibility index (Phi) is 4.23. The molecule has 0 N–H and O–H groups in total. The van der Waals surface area contributed by atoms with Crippen LogP contribution in [0, 0.1) is 17.5 Å². The molecule has 3 rings (SSSR count). The summed E-state index contributed by atoms with van der Waals surface area (Å²) in [5.74, 6) is -4.56. The molecule has 7 heteroatoms. The van der Waals surface area contributed by atoms with Crippen LogP contribution < -0.4 is 4.90 Å². The average Bonchev–Trinajstić information content (AvgIpc) is 2.80. The molecule has 0 aromatic heterocycles. The highest BCUT2D eigenvalue weighted by molar-refractivity contribution is 8.27. The van der Waals surface area contributed by atoms with E-state index in [1.54, 1.807) is 30.3 Å². The van der Waals surface area contributed by atoms with E-state index in [9.17, 15) is 18.0 Å². The number of hydrogen-bond donors (Lipinski definition) is 0. The summed E-state index contributed by atoms with van der Waals surface area (Å²) in [6, 6.07) is 10.4. The monoisotopic (exact) mass is 351 g/mol. The molecule has 1 heterocycles. The van der Waals surface area contributed by atoms with Gasteiger partial charge in [-0.3, -0.25) is 9.69 Å². The zero-order chi connectivity index (χ0) is 16.6. The summed E-state index contributed by atoms with van der Waals surface area (Å²) in [6.45, 7) is 0. The van der Waals surface area contributed by atoms with E-state index < -0.39 is 23.4 Å². The second-order valence-electron chi connectivity index (χ2n) is 4.65. The smallest absolute Gasteiger partial charge is 0.268 e. The molecule has 1 fully saturated rings. The summed E-state index contributed by atoms with van der Waals surface area (Å²) in [6.07, 6.45) is 1.29. The summed E-state index contributed by atoms with van der Waals surface area (Å²) >= 11 is 6.20. The van der Waals surface area contributed by atoms with Gasteiger partial charge in [-0.25, -0.2) is 13.2 Å². The Morgan fingerprint density at radius 1 is 1.04 bits per heavy atom.